The Morgan fingerprint density at radius 2 is 2.38 bits per heavy atom. The van der Waals surface area contributed by atoms with Gasteiger partial charge in [-0.15, -0.1) is 0 Å². The molecule has 2 rings (SSSR count). The van der Waals surface area contributed by atoms with E-state index >= 15 is 0 Å². The molecule has 1 heterocycles. The third kappa shape index (κ3) is 1.81. The van der Waals surface area contributed by atoms with E-state index in [1.807, 2.05) is 6.07 Å². The average molecular weight is 219 g/mol. The summed E-state index contributed by atoms with van der Waals surface area (Å²) in [7, 11) is 0. The van der Waals surface area contributed by atoms with Crippen LogP contribution in [0.25, 0.3) is 0 Å². The van der Waals surface area contributed by atoms with Crippen LogP contribution in [0.2, 0.25) is 0 Å². The third-order valence-electron chi connectivity index (χ3n) is 2.32. The summed E-state index contributed by atoms with van der Waals surface area (Å²) in [5.74, 6) is 0. The number of hydrogen-bond donors (Lipinski definition) is 0. The van der Waals surface area contributed by atoms with Gasteiger partial charge >= 0.3 is 0 Å². The summed E-state index contributed by atoms with van der Waals surface area (Å²) in [6, 6.07) is 6.23. The first-order chi connectivity index (χ1) is 7.72. The van der Waals surface area contributed by atoms with Crippen molar-refractivity contribution in [1.82, 2.24) is 0 Å². The number of nitro groups is 1. The molecule has 0 unspecified atom stereocenters. The maximum Gasteiger partial charge on any atom is 0.296 e. The topological polar surface area (TPSA) is 79.4 Å². The summed E-state index contributed by atoms with van der Waals surface area (Å²) in [6.45, 7) is 1.20. The minimum atomic E-state index is -0.502. The van der Waals surface area contributed by atoms with Gasteiger partial charge in [-0.3, -0.25) is 15.0 Å². The molecule has 1 aliphatic heterocycles. The predicted octanol–water partition coefficient (Wildman–Crippen LogP) is 1.61. The van der Waals surface area contributed by atoms with E-state index in [9.17, 15) is 10.1 Å². The lowest BCUT2D eigenvalue weighted by molar-refractivity contribution is -0.384. The van der Waals surface area contributed by atoms with Crippen molar-refractivity contribution in [3.63, 3.8) is 0 Å². The molecule has 1 saturated heterocycles. The van der Waals surface area contributed by atoms with Crippen LogP contribution in [0.5, 0.6) is 0 Å². The number of nitro benzene ring substituents is 1. The van der Waals surface area contributed by atoms with E-state index in [0.29, 0.717) is 18.8 Å². The number of hydrogen-bond acceptors (Lipinski definition) is 5. The minimum absolute atomic E-state index is 0.0963. The van der Waals surface area contributed by atoms with E-state index in [0.717, 1.165) is 6.42 Å². The second-order valence-corrected chi connectivity index (χ2v) is 3.36. The molecule has 1 aromatic carbocycles. The smallest absolute Gasteiger partial charge is 0.273 e. The second-order valence-electron chi connectivity index (χ2n) is 3.36. The largest absolute Gasteiger partial charge is 0.296 e. The fraction of sp³-hybridized carbons (Fsp3) is 0.300. The van der Waals surface area contributed by atoms with Gasteiger partial charge in [-0.05, 0) is 18.6 Å². The van der Waals surface area contributed by atoms with Crippen LogP contribution in [0, 0.1) is 21.4 Å². The molecule has 0 atom stereocenters. The second kappa shape index (κ2) is 4.16. The van der Waals surface area contributed by atoms with E-state index in [1.54, 1.807) is 12.1 Å². The Kier molecular flexibility index (Phi) is 2.70. The number of hydroxylamine groups is 1. The molecular weight excluding hydrogens is 210 g/mol. The average Bonchev–Trinajstić information content (AvgIpc) is 2.81. The Labute approximate surface area is 91.8 Å². The van der Waals surface area contributed by atoms with E-state index in [2.05, 4.69) is 0 Å². The molecule has 16 heavy (non-hydrogen) atoms. The van der Waals surface area contributed by atoms with Crippen LogP contribution < -0.4 is 5.06 Å². The number of nitrogens with zero attached hydrogens (tertiary/aromatic N) is 3. The summed E-state index contributed by atoms with van der Waals surface area (Å²) >= 11 is 0. The summed E-state index contributed by atoms with van der Waals surface area (Å²) in [5, 5.41) is 21.0. The summed E-state index contributed by atoms with van der Waals surface area (Å²) in [4.78, 5) is 15.6. The number of rotatable bonds is 2. The highest BCUT2D eigenvalue weighted by molar-refractivity contribution is 5.64. The Balaban J connectivity index is 2.44. The van der Waals surface area contributed by atoms with Gasteiger partial charge in [0.05, 0.1) is 23.2 Å². The van der Waals surface area contributed by atoms with Crippen molar-refractivity contribution in [2.24, 2.45) is 0 Å². The number of benzene rings is 1. The lowest BCUT2D eigenvalue weighted by Crippen LogP contribution is -2.17. The van der Waals surface area contributed by atoms with Crippen molar-refractivity contribution < 1.29 is 9.76 Å². The van der Waals surface area contributed by atoms with Crippen LogP contribution in [0.3, 0.4) is 0 Å². The lowest BCUT2D eigenvalue weighted by atomic mass is 10.2. The molecule has 0 N–H and O–H groups in total. The van der Waals surface area contributed by atoms with Crippen LogP contribution in [-0.4, -0.2) is 18.1 Å². The van der Waals surface area contributed by atoms with Crippen molar-refractivity contribution in [2.75, 3.05) is 18.2 Å². The van der Waals surface area contributed by atoms with Crippen LogP contribution in [0.4, 0.5) is 11.4 Å². The quantitative estimate of drug-likeness (QED) is 0.557. The van der Waals surface area contributed by atoms with Crippen molar-refractivity contribution in [3.8, 4) is 6.07 Å². The highest BCUT2D eigenvalue weighted by atomic mass is 16.7. The molecule has 6 heteroatoms. The van der Waals surface area contributed by atoms with Crippen LogP contribution in [0.15, 0.2) is 18.2 Å². The predicted molar refractivity (Wildman–Crippen MR) is 55.7 cm³/mol. The van der Waals surface area contributed by atoms with Crippen molar-refractivity contribution in [2.45, 2.75) is 6.42 Å². The summed E-state index contributed by atoms with van der Waals surface area (Å²) < 4.78 is 0. The highest BCUT2D eigenvalue weighted by Gasteiger charge is 2.23. The Morgan fingerprint density at radius 3 is 2.94 bits per heavy atom. The fourth-order valence-corrected chi connectivity index (χ4v) is 1.59. The van der Waals surface area contributed by atoms with Crippen molar-refractivity contribution in [3.05, 3.63) is 33.9 Å². The fourth-order valence-electron chi connectivity index (χ4n) is 1.59. The Morgan fingerprint density at radius 1 is 1.56 bits per heavy atom. The van der Waals surface area contributed by atoms with Gasteiger partial charge in [-0.1, -0.05) is 0 Å². The first-order valence-corrected chi connectivity index (χ1v) is 4.81. The normalized spacial score (nSPS) is 14.8. The van der Waals surface area contributed by atoms with Crippen molar-refractivity contribution in [1.29, 1.82) is 5.26 Å². The zero-order valence-electron chi connectivity index (χ0n) is 8.42. The van der Waals surface area contributed by atoms with E-state index in [1.165, 1.54) is 11.1 Å². The van der Waals surface area contributed by atoms with Gasteiger partial charge in [0.2, 0.25) is 0 Å². The van der Waals surface area contributed by atoms with E-state index < -0.39 is 4.92 Å². The molecule has 0 saturated carbocycles. The molecule has 0 aromatic heterocycles. The van der Waals surface area contributed by atoms with Gasteiger partial charge in [-0.2, -0.15) is 5.26 Å². The maximum absolute atomic E-state index is 10.9. The third-order valence-corrected chi connectivity index (χ3v) is 2.32. The van der Waals surface area contributed by atoms with Crippen LogP contribution in [0.1, 0.15) is 12.0 Å². The maximum atomic E-state index is 10.9. The zero-order chi connectivity index (χ0) is 11.5. The van der Waals surface area contributed by atoms with Crippen molar-refractivity contribution >= 4 is 11.4 Å². The SMILES string of the molecule is N#Cc1ccc(N2CCCO2)c([N+](=O)[O-])c1. The molecule has 0 radical (unpaired) electrons. The summed E-state index contributed by atoms with van der Waals surface area (Å²) in [5.41, 5.74) is 0.581. The monoisotopic (exact) mass is 219 g/mol. The molecule has 82 valence electrons. The van der Waals surface area contributed by atoms with Gasteiger partial charge in [-0.25, -0.2) is 5.06 Å². The molecule has 0 amide bonds. The molecule has 1 aromatic rings. The minimum Gasteiger partial charge on any atom is -0.273 e. The first kappa shape index (κ1) is 10.4. The van der Waals surface area contributed by atoms with Crippen LogP contribution in [-0.2, 0) is 4.84 Å². The van der Waals surface area contributed by atoms with Gasteiger partial charge in [0.15, 0.2) is 0 Å². The number of anilines is 1. The van der Waals surface area contributed by atoms with E-state index in [-0.39, 0.29) is 11.3 Å². The standard InChI is InChI=1S/C10H9N3O3/c11-7-8-2-3-9(10(6-8)13(14)15)12-4-1-5-16-12/h2-3,6H,1,4-5H2. The molecule has 0 bridgehead atoms. The van der Waals surface area contributed by atoms with Gasteiger partial charge in [0, 0.05) is 12.6 Å². The molecule has 1 aliphatic rings. The lowest BCUT2D eigenvalue weighted by Gasteiger charge is -2.15. The zero-order valence-corrected chi connectivity index (χ0v) is 8.42. The van der Waals surface area contributed by atoms with Gasteiger partial charge in [0.25, 0.3) is 5.69 Å². The Hall–Kier alpha value is -2.13. The van der Waals surface area contributed by atoms with Crippen LogP contribution >= 0.6 is 0 Å². The van der Waals surface area contributed by atoms with Gasteiger partial charge in [0.1, 0.15) is 5.69 Å². The molecular formula is C10H9N3O3. The highest BCUT2D eigenvalue weighted by Crippen LogP contribution is 2.30. The van der Waals surface area contributed by atoms with Gasteiger partial charge < -0.3 is 0 Å². The molecule has 1 fully saturated rings. The summed E-state index contributed by atoms with van der Waals surface area (Å²) in [6.07, 6.45) is 0.844. The molecule has 0 spiro atoms. The molecule has 0 aliphatic carbocycles. The molecule has 6 nitrogen and oxygen atoms in total. The van der Waals surface area contributed by atoms with E-state index in [4.69, 9.17) is 10.1 Å². The Bertz CT molecular complexity index is 461. The number of nitriles is 1. The first-order valence-electron chi connectivity index (χ1n) is 4.81.